The maximum Gasteiger partial charge on any atom is 0.132 e. The van der Waals surface area contributed by atoms with Gasteiger partial charge in [-0.15, -0.1) is 0 Å². The number of hydrogen-bond donors (Lipinski definition) is 2. The molecule has 0 radical (unpaired) electrons. The summed E-state index contributed by atoms with van der Waals surface area (Å²) in [4.78, 5) is 7.90. The van der Waals surface area contributed by atoms with Crippen molar-refractivity contribution >= 4 is 11.6 Å². The predicted molar refractivity (Wildman–Crippen MR) is 61.9 cm³/mol. The van der Waals surface area contributed by atoms with Crippen molar-refractivity contribution in [1.82, 2.24) is 9.97 Å². The van der Waals surface area contributed by atoms with E-state index in [1.54, 1.807) is 6.07 Å². The molecule has 2 aromatic heterocycles. The first-order chi connectivity index (χ1) is 7.65. The van der Waals surface area contributed by atoms with Crippen LogP contribution in [0.1, 0.15) is 24.5 Å². The van der Waals surface area contributed by atoms with Crippen molar-refractivity contribution in [3.05, 3.63) is 36.0 Å². The highest BCUT2D eigenvalue weighted by molar-refractivity contribution is 5.44. The summed E-state index contributed by atoms with van der Waals surface area (Å²) < 4.78 is 5.51. The third-order valence-electron chi connectivity index (χ3n) is 2.24. The summed E-state index contributed by atoms with van der Waals surface area (Å²) in [6.07, 6.45) is 1.43. The first kappa shape index (κ1) is 10.5. The summed E-state index contributed by atoms with van der Waals surface area (Å²) >= 11 is 0. The Balaban J connectivity index is 2.10. The molecule has 84 valence electrons. The van der Waals surface area contributed by atoms with Gasteiger partial charge in [-0.1, -0.05) is 0 Å². The average molecular weight is 218 g/mol. The Morgan fingerprint density at radius 1 is 1.38 bits per heavy atom. The van der Waals surface area contributed by atoms with Crippen LogP contribution in [0.25, 0.3) is 0 Å². The fraction of sp³-hybridized carbons (Fsp3) is 0.273. The Morgan fingerprint density at radius 3 is 2.81 bits per heavy atom. The smallest absolute Gasteiger partial charge is 0.132 e. The lowest BCUT2D eigenvalue weighted by Gasteiger charge is -2.11. The molecule has 2 heterocycles. The second kappa shape index (κ2) is 4.22. The molecule has 0 spiro atoms. The number of anilines is 2. The van der Waals surface area contributed by atoms with Crippen LogP contribution < -0.4 is 11.1 Å². The zero-order valence-corrected chi connectivity index (χ0v) is 9.27. The van der Waals surface area contributed by atoms with Crippen molar-refractivity contribution < 1.29 is 4.42 Å². The summed E-state index contributed by atoms with van der Waals surface area (Å²) in [6, 6.07) is 5.61. The van der Waals surface area contributed by atoms with Crippen LogP contribution in [0.3, 0.4) is 0 Å². The van der Waals surface area contributed by atoms with Crippen LogP contribution in [0, 0.1) is 6.92 Å². The highest BCUT2D eigenvalue weighted by atomic mass is 16.3. The van der Waals surface area contributed by atoms with Crippen LogP contribution in [0.4, 0.5) is 11.6 Å². The topological polar surface area (TPSA) is 77.0 Å². The number of aromatic nitrogens is 2. The average Bonchev–Trinajstić information content (AvgIpc) is 2.65. The van der Waals surface area contributed by atoms with E-state index >= 15 is 0 Å². The number of aryl methyl sites for hydroxylation is 1. The molecular formula is C11H14N4O. The van der Waals surface area contributed by atoms with E-state index in [2.05, 4.69) is 15.3 Å². The molecule has 0 aliphatic heterocycles. The zero-order valence-electron chi connectivity index (χ0n) is 9.27. The van der Waals surface area contributed by atoms with E-state index in [1.807, 2.05) is 26.0 Å². The molecule has 0 fully saturated rings. The van der Waals surface area contributed by atoms with Gasteiger partial charge in [0.05, 0.1) is 6.04 Å². The number of nitrogen functional groups attached to an aromatic ring is 1. The molecule has 0 aromatic carbocycles. The molecule has 3 N–H and O–H groups in total. The Kier molecular flexibility index (Phi) is 2.76. The molecule has 5 nitrogen and oxygen atoms in total. The fourth-order valence-corrected chi connectivity index (χ4v) is 1.43. The molecule has 2 rings (SSSR count). The van der Waals surface area contributed by atoms with Gasteiger partial charge in [-0.2, -0.15) is 0 Å². The number of nitrogens with two attached hydrogens (primary N) is 1. The van der Waals surface area contributed by atoms with Gasteiger partial charge in [0.2, 0.25) is 0 Å². The SMILES string of the molecule is Cc1ccc(C(C)Nc2cc(N)ncn2)o1. The van der Waals surface area contributed by atoms with Gasteiger partial charge in [0, 0.05) is 6.07 Å². The molecule has 0 amide bonds. The maximum absolute atomic E-state index is 5.56. The minimum Gasteiger partial charge on any atom is -0.464 e. The third kappa shape index (κ3) is 2.31. The summed E-state index contributed by atoms with van der Waals surface area (Å²) in [5.41, 5.74) is 5.56. The molecule has 0 bridgehead atoms. The van der Waals surface area contributed by atoms with E-state index < -0.39 is 0 Å². The summed E-state index contributed by atoms with van der Waals surface area (Å²) in [5.74, 6) is 2.90. The summed E-state index contributed by atoms with van der Waals surface area (Å²) in [7, 11) is 0. The van der Waals surface area contributed by atoms with Crippen molar-refractivity contribution in [3.8, 4) is 0 Å². The van der Waals surface area contributed by atoms with Crippen LogP contribution in [-0.4, -0.2) is 9.97 Å². The predicted octanol–water partition coefficient (Wildman–Crippen LogP) is 2.13. The van der Waals surface area contributed by atoms with Gasteiger partial charge in [-0.05, 0) is 26.0 Å². The van der Waals surface area contributed by atoms with Crippen LogP contribution >= 0.6 is 0 Å². The van der Waals surface area contributed by atoms with Crippen molar-refractivity contribution in [2.45, 2.75) is 19.9 Å². The highest BCUT2D eigenvalue weighted by Gasteiger charge is 2.09. The Morgan fingerprint density at radius 2 is 2.19 bits per heavy atom. The summed E-state index contributed by atoms with van der Waals surface area (Å²) in [5, 5.41) is 3.19. The van der Waals surface area contributed by atoms with Crippen LogP contribution in [0.5, 0.6) is 0 Å². The Bertz CT molecular complexity index is 480. The number of nitrogens with one attached hydrogen (secondary N) is 1. The van der Waals surface area contributed by atoms with Gasteiger partial charge in [0.15, 0.2) is 0 Å². The third-order valence-corrected chi connectivity index (χ3v) is 2.24. The second-order valence-electron chi connectivity index (χ2n) is 3.64. The molecule has 2 aromatic rings. The molecule has 0 aliphatic rings. The number of nitrogens with zero attached hydrogens (tertiary/aromatic N) is 2. The van der Waals surface area contributed by atoms with Gasteiger partial charge >= 0.3 is 0 Å². The molecule has 0 aliphatic carbocycles. The quantitative estimate of drug-likeness (QED) is 0.825. The molecule has 1 atom stereocenters. The number of furan rings is 1. The molecule has 16 heavy (non-hydrogen) atoms. The molecular weight excluding hydrogens is 204 g/mol. The molecule has 1 unspecified atom stereocenters. The molecule has 0 saturated heterocycles. The number of hydrogen-bond acceptors (Lipinski definition) is 5. The maximum atomic E-state index is 5.56. The van der Waals surface area contributed by atoms with Crippen molar-refractivity contribution in [1.29, 1.82) is 0 Å². The first-order valence-corrected chi connectivity index (χ1v) is 5.05. The van der Waals surface area contributed by atoms with Gasteiger partial charge in [-0.25, -0.2) is 9.97 Å². The highest BCUT2D eigenvalue weighted by Crippen LogP contribution is 2.20. The lowest BCUT2D eigenvalue weighted by atomic mass is 10.2. The first-order valence-electron chi connectivity index (χ1n) is 5.05. The number of rotatable bonds is 3. The van der Waals surface area contributed by atoms with Crippen LogP contribution in [-0.2, 0) is 0 Å². The van der Waals surface area contributed by atoms with Gasteiger partial charge in [-0.3, -0.25) is 0 Å². The van der Waals surface area contributed by atoms with Gasteiger partial charge in [0.25, 0.3) is 0 Å². The van der Waals surface area contributed by atoms with Crippen molar-refractivity contribution in [2.24, 2.45) is 0 Å². The van der Waals surface area contributed by atoms with Gasteiger partial charge in [0.1, 0.15) is 29.5 Å². The molecule has 5 heteroatoms. The van der Waals surface area contributed by atoms with Crippen LogP contribution in [0.15, 0.2) is 28.9 Å². The van der Waals surface area contributed by atoms with E-state index in [0.717, 1.165) is 11.5 Å². The zero-order chi connectivity index (χ0) is 11.5. The minimum absolute atomic E-state index is 0.0444. The normalized spacial score (nSPS) is 12.4. The lowest BCUT2D eigenvalue weighted by molar-refractivity contribution is 0.466. The fourth-order valence-electron chi connectivity index (χ4n) is 1.43. The lowest BCUT2D eigenvalue weighted by Crippen LogP contribution is -2.07. The Hall–Kier alpha value is -2.04. The standard InChI is InChI=1S/C11H14N4O/c1-7-3-4-9(16-7)8(2)15-11-5-10(12)13-6-14-11/h3-6,8H,1-2H3,(H3,12,13,14,15). The van der Waals surface area contributed by atoms with E-state index in [-0.39, 0.29) is 6.04 Å². The van der Waals surface area contributed by atoms with Crippen LogP contribution in [0.2, 0.25) is 0 Å². The second-order valence-corrected chi connectivity index (χ2v) is 3.64. The monoisotopic (exact) mass is 218 g/mol. The van der Waals surface area contributed by atoms with E-state index in [4.69, 9.17) is 10.2 Å². The van der Waals surface area contributed by atoms with Crippen molar-refractivity contribution in [3.63, 3.8) is 0 Å². The summed E-state index contributed by atoms with van der Waals surface area (Å²) in [6.45, 7) is 3.91. The molecule has 0 saturated carbocycles. The van der Waals surface area contributed by atoms with E-state index in [0.29, 0.717) is 11.6 Å². The largest absolute Gasteiger partial charge is 0.464 e. The van der Waals surface area contributed by atoms with Crippen molar-refractivity contribution in [2.75, 3.05) is 11.1 Å². The van der Waals surface area contributed by atoms with E-state index in [1.165, 1.54) is 6.33 Å². The van der Waals surface area contributed by atoms with E-state index in [9.17, 15) is 0 Å². The minimum atomic E-state index is 0.0444. The van der Waals surface area contributed by atoms with Gasteiger partial charge < -0.3 is 15.5 Å². The Labute approximate surface area is 93.7 Å².